The molecule has 2 aromatic carbocycles. The Kier molecular flexibility index (Phi) is 46.2. The van der Waals surface area contributed by atoms with Gasteiger partial charge in [0, 0.05) is 87.9 Å². The summed E-state index contributed by atoms with van der Waals surface area (Å²) in [6, 6.07) is 19.0. The summed E-state index contributed by atoms with van der Waals surface area (Å²) in [5.74, 6) is -12.9. The summed E-state index contributed by atoms with van der Waals surface area (Å²) >= 11 is 0. The number of Topliss-reactive ketones (excluding diaryl/α,β-unsaturated/α-hetero) is 2. The molecule has 10 atom stereocenters. The Morgan fingerprint density at radius 3 is 1.43 bits per heavy atom. The van der Waals surface area contributed by atoms with Gasteiger partial charge in [-0.05, 0) is 100 Å². The van der Waals surface area contributed by atoms with Crippen molar-refractivity contribution in [2.45, 2.75) is 296 Å². The maximum absolute atomic E-state index is 14.0. The van der Waals surface area contributed by atoms with Crippen molar-refractivity contribution in [1.82, 2.24) is 0 Å². The molecule has 2 fully saturated rings. The highest BCUT2D eigenvalue weighted by Gasteiger charge is 2.43. The molecular weight excluding hydrogens is 1280 g/mol. The Hall–Kier alpha value is -6.03. The van der Waals surface area contributed by atoms with Crippen molar-refractivity contribution in [3.63, 3.8) is 0 Å². The summed E-state index contributed by atoms with van der Waals surface area (Å²) in [4.78, 5) is 79.7. The molecule has 0 amide bonds. The maximum Gasteiger partial charge on any atom is 0.306 e. The number of carboxylic acid groups (broad SMARTS) is 2. The van der Waals surface area contributed by atoms with Crippen molar-refractivity contribution in [3.8, 4) is 0 Å². The van der Waals surface area contributed by atoms with Crippen LogP contribution >= 0.6 is 0 Å². The van der Waals surface area contributed by atoms with Gasteiger partial charge in [-0.25, -0.2) is 26.3 Å². The number of allylic oxidation sites excluding steroid dienone is 3. The first kappa shape index (κ1) is 90.0. The smallest absolute Gasteiger partial charge is 0.306 e. The highest BCUT2D eigenvalue weighted by molar-refractivity contribution is 5.94. The first-order chi connectivity index (χ1) is 46.1. The van der Waals surface area contributed by atoms with Crippen molar-refractivity contribution in [3.05, 3.63) is 108 Å². The second-order valence-electron chi connectivity index (χ2n) is 26.1. The normalized spacial score (nSPS) is 20.1. The second-order valence-corrected chi connectivity index (χ2v) is 26.1. The van der Waals surface area contributed by atoms with Gasteiger partial charge in [0.1, 0.15) is 43.1 Å². The molecule has 0 bridgehead atoms. The quantitative estimate of drug-likeness (QED) is 0.0156. The molecule has 0 aromatic heterocycles. The van der Waals surface area contributed by atoms with E-state index in [9.17, 15) is 75.5 Å². The fourth-order valence-electron chi connectivity index (χ4n) is 12.1. The van der Waals surface area contributed by atoms with E-state index in [4.69, 9.17) is 24.5 Å². The molecule has 0 spiro atoms. The lowest BCUT2D eigenvalue weighted by Gasteiger charge is -2.25. The van der Waals surface area contributed by atoms with Crippen LogP contribution in [0, 0.1) is 35.5 Å². The van der Waals surface area contributed by atoms with Crippen LogP contribution in [0.5, 0.6) is 0 Å². The Bertz CT molecular complexity index is 2650. The van der Waals surface area contributed by atoms with Crippen LogP contribution in [0.3, 0.4) is 0 Å². The molecule has 0 heterocycles. The number of benzene rings is 2. The zero-order chi connectivity index (χ0) is 72.2. The molecule has 2 saturated carbocycles. The number of rotatable bonds is 44. The average Bonchev–Trinajstić information content (AvgIpc) is 1.68. The number of alkyl halides is 6. The molecule has 6 unspecified atom stereocenters. The van der Waals surface area contributed by atoms with Gasteiger partial charge in [-0.3, -0.25) is 33.6 Å². The summed E-state index contributed by atoms with van der Waals surface area (Å²) < 4.78 is 94.1. The van der Waals surface area contributed by atoms with Crippen LogP contribution < -0.4 is 0 Å². The molecule has 0 aliphatic heterocycles. The number of hydrogen-bond donors (Lipinski definition) is 6. The summed E-state index contributed by atoms with van der Waals surface area (Å²) in [6.45, 7) is 7.11. The van der Waals surface area contributed by atoms with Crippen LogP contribution in [0.25, 0.3) is 0 Å². The van der Waals surface area contributed by atoms with Crippen LogP contribution in [-0.2, 0) is 56.2 Å². The van der Waals surface area contributed by atoms with E-state index in [0.29, 0.717) is 89.9 Å². The van der Waals surface area contributed by atoms with E-state index >= 15 is 0 Å². The molecule has 3 aliphatic rings. The van der Waals surface area contributed by atoms with Crippen molar-refractivity contribution in [1.29, 1.82) is 0 Å². The van der Waals surface area contributed by atoms with Crippen LogP contribution in [0.2, 0.25) is 0 Å². The third-order valence-electron chi connectivity index (χ3n) is 18.0. The number of aliphatic hydroxyl groups is 4. The molecule has 98 heavy (non-hydrogen) atoms. The lowest BCUT2D eigenvalue weighted by Crippen LogP contribution is -2.34. The second kappa shape index (κ2) is 50.3. The van der Waals surface area contributed by atoms with Crippen LogP contribution in [0.4, 0.5) is 26.3 Å². The lowest BCUT2D eigenvalue weighted by atomic mass is 9.85. The Morgan fingerprint density at radius 2 is 0.969 bits per heavy atom. The first-order valence-corrected chi connectivity index (χ1v) is 35.4. The van der Waals surface area contributed by atoms with Gasteiger partial charge in [-0.1, -0.05) is 196 Å². The minimum Gasteiger partial charge on any atom is -0.481 e. The number of esters is 2. The molecule has 21 heteroatoms. The SMILES string of the molecule is C.CC(=O)O.CCCCC(F)(F)C(O)/C=C/[C@@H]1C(CCCCCCC(=O)OCc2ccccc2)C(=O)C[C@H]1O.CCCCC(F)(F)C(O)/C=C/[C@H]1C=CC(=O)C1CCCCCCC(=O)OCc1ccccc1.CCCCC(F)(F)C(O)CC[C@H]1CCC(=O)C1CCCCCCC(=O)O. The number of carbonyl (C=O) groups excluding carboxylic acids is 5. The van der Waals surface area contributed by atoms with Gasteiger partial charge in [0.05, 0.1) is 6.10 Å². The Morgan fingerprint density at radius 1 is 0.551 bits per heavy atom. The number of ketones is 3. The largest absolute Gasteiger partial charge is 0.481 e. The van der Waals surface area contributed by atoms with Crippen LogP contribution in [0.15, 0.2) is 97.1 Å². The number of halogens is 6. The number of hydrogen-bond acceptors (Lipinski definition) is 13. The van der Waals surface area contributed by atoms with E-state index in [1.54, 1.807) is 19.1 Å². The molecule has 3 aliphatic carbocycles. The van der Waals surface area contributed by atoms with Gasteiger partial charge in [-0.15, -0.1) is 0 Å². The number of aliphatic carboxylic acids is 2. The molecule has 556 valence electrons. The van der Waals surface area contributed by atoms with E-state index in [1.807, 2.05) is 74.5 Å². The Labute approximate surface area is 578 Å². The standard InChI is InChI=1S/C27H38F2O5.C27H36F2O4.C20H34F2O4.C2H4O2.CH4/c1-2-3-17-27(28,29)25(32)16-15-22-21(23(30)18-24(22)31)13-9-4-5-10-14-26(33)34-19-20-11-7-6-8-12-20;1-2-3-19-27(28,29)25(31)18-16-22-15-17-24(30)23(22)13-9-4-5-10-14-26(32)33-20-21-11-7-6-8-12-21;1-2-3-14-20(21,22)18(24)13-11-15-10-12-17(23)16(15)8-6-4-5-7-9-19(25)26;1-2(3)4;/h6-8,11-12,15-16,21-22,24-25,31-32H,2-5,9-10,13-14,17-19H2,1H3;6-8,11-12,15-18,22-23,25,31H,2-5,9-10,13-14,19-20H2,1H3;15-16,18,24H,2-14H2,1H3,(H,25,26);1H3,(H,3,4);1H4/b16-15+;18-16+;;;/t21?,22-,24-,25?;22-,23?,25?;15-,16?,18?;;/m111../s1. The third-order valence-corrected chi connectivity index (χ3v) is 18.0. The van der Waals surface area contributed by atoms with Crippen molar-refractivity contribution in [2.24, 2.45) is 35.5 Å². The maximum atomic E-state index is 14.0. The fraction of sp³-hybridized carbons (Fsp3) is 0.675. The predicted octanol–water partition coefficient (Wildman–Crippen LogP) is 17.3. The monoisotopic (exact) mass is 1390 g/mol. The topological polar surface area (TPSA) is 259 Å². The summed E-state index contributed by atoms with van der Waals surface area (Å²) in [6.07, 6.45) is 18.2. The number of carboxylic acids is 2. The van der Waals surface area contributed by atoms with Crippen molar-refractivity contribution in [2.75, 3.05) is 0 Å². The zero-order valence-electron chi connectivity index (χ0n) is 57.7. The van der Waals surface area contributed by atoms with Crippen molar-refractivity contribution < 1.29 is 100 Å². The van der Waals surface area contributed by atoms with Crippen LogP contribution in [0.1, 0.15) is 252 Å². The highest BCUT2D eigenvalue weighted by atomic mass is 19.3. The van der Waals surface area contributed by atoms with Gasteiger partial charge < -0.3 is 40.1 Å². The van der Waals surface area contributed by atoms with Gasteiger partial charge in [0.2, 0.25) is 0 Å². The molecule has 0 saturated heterocycles. The van der Waals surface area contributed by atoms with E-state index < -0.39 is 72.4 Å². The molecule has 5 rings (SSSR count). The zero-order valence-corrected chi connectivity index (χ0v) is 57.7. The predicted molar refractivity (Wildman–Crippen MR) is 367 cm³/mol. The Balaban J connectivity index is 0.000000717. The summed E-state index contributed by atoms with van der Waals surface area (Å²) in [7, 11) is 0. The third kappa shape index (κ3) is 38.0. The highest BCUT2D eigenvalue weighted by Crippen LogP contribution is 2.39. The van der Waals surface area contributed by atoms with Gasteiger partial charge >= 0.3 is 17.9 Å². The first-order valence-electron chi connectivity index (χ1n) is 35.4. The summed E-state index contributed by atoms with van der Waals surface area (Å²) in [5.41, 5.74) is 1.90. The van der Waals surface area contributed by atoms with E-state index in [0.717, 1.165) is 107 Å². The molecule has 15 nitrogen and oxygen atoms in total. The van der Waals surface area contributed by atoms with Gasteiger partial charge in [0.15, 0.2) is 5.78 Å². The van der Waals surface area contributed by atoms with E-state index in [1.165, 1.54) is 12.2 Å². The number of carbonyl (C=O) groups is 7. The van der Waals surface area contributed by atoms with Gasteiger partial charge in [-0.2, -0.15) is 0 Å². The minimum atomic E-state index is -3.22. The van der Waals surface area contributed by atoms with Crippen molar-refractivity contribution >= 4 is 41.2 Å². The number of unbranched alkanes of at least 4 members (excludes halogenated alkanes) is 12. The molecular formula is C77H116F6O15. The number of ether oxygens (including phenoxy) is 2. The lowest BCUT2D eigenvalue weighted by molar-refractivity contribution is -0.146. The molecule has 0 radical (unpaired) electrons. The fourth-order valence-corrected chi connectivity index (χ4v) is 12.1. The van der Waals surface area contributed by atoms with E-state index in [-0.39, 0.29) is 106 Å². The average molecular weight is 1400 g/mol. The molecule has 2 aromatic rings. The number of aliphatic hydroxyl groups excluding tert-OH is 4. The minimum absolute atomic E-state index is 0. The van der Waals surface area contributed by atoms with Crippen LogP contribution in [-0.4, -0.2) is 114 Å². The van der Waals surface area contributed by atoms with Gasteiger partial charge in [0.25, 0.3) is 23.7 Å². The van der Waals surface area contributed by atoms with E-state index in [2.05, 4.69) is 0 Å². The molecule has 6 N–H and O–H groups in total. The summed E-state index contributed by atoms with van der Waals surface area (Å²) in [5, 5.41) is 55.8.